The van der Waals surface area contributed by atoms with Gasteiger partial charge in [0.1, 0.15) is 0 Å². The summed E-state index contributed by atoms with van der Waals surface area (Å²) < 4.78 is 5.44. The van der Waals surface area contributed by atoms with Gasteiger partial charge in [0.2, 0.25) is 0 Å². The van der Waals surface area contributed by atoms with E-state index in [2.05, 4.69) is 20.4 Å². The first kappa shape index (κ1) is 15.3. The number of nitrogens with one attached hydrogen (secondary N) is 2. The fourth-order valence-corrected chi connectivity index (χ4v) is 3.51. The second-order valence-corrected chi connectivity index (χ2v) is 6.62. The summed E-state index contributed by atoms with van der Waals surface area (Å²) in [5.41, 5.74) is 4.16. The van der Waals surface area contributed by atoms with E-state index in [4.69, 9.17) is 4.74 Å². The molecule has 2 aliphatic heterocycles. The van der Waals surface area contributed by atoms with E-state index in [0.717, 1.165) is 29.1 Å². The fraction of sp³-hybridized carbons (Fsp3) is 0.562. The van der Waals surface area contributed by atoms with Gasteiger partial charge in [-0.2, -0.15) is 10.2 Å². The minimum Gasteiger partial charge on any atom is -0.391 e. The Morgan fingerprint density at radius 1 is 1.42 bits per heavy atom. The maximum Gasteiger partial charge on any atom is 0.274 e. The van der Waals surface area contributed by atoms with Gasteiger partial charge in [-0.1, -0.05) is 0 Å². The first-order chi connectivity index (χ1) is 11.6. The Morgan fingerprint density at radius 2 is 2.29 bits per heavy atom. The summed E-state index contributed by atoms with van der Waals surface area (Å²) in [5.74, 6) is -0.152. The molecule has 4 rings (SSSR count). The van der Waals surface area contributed by atoms with Gasteiger partial charge < -0.3 is 14.7 Å². The number of fused-ring (bicyclic) bond motifs is 1. The van der Waals surface area contributed by atoms with E-state index in [9.17, 15) is 9.90 Å². The maximum atomic E-state index is 12.8. The number of likely N-dealkylation sites (tertiary alicyclic amines) is 1. The van der Waals surface area contributed by atoms with Crippen molar-refractivity contribution in [2.24, 2.45) is 5.92 Å². The third-order valence-corrected chi connectivity index (χ3v) is 4.82. The van der Waals surface area contributed by atoms with Crippen molar-refractivity contribution in [1.29, 1.82) is 0 Å². The summed E-state index contributed by atoms with van der Waals surface area (Å²) in [4.78, 5) is 14.5. The van der Waals surface area contributed by atoms with Crippen LogP contribution in [0.25, 0.3) is 0 Å². The molecule has 4 heterocycles. The average molecular weight is 331 g/mol. The summed E-state index contributed by atoms with van der Waals surface area (Å²) in [6.45, 7) is 3.85. The molecule has 1 saturated heterocycles. The summed E-state index contributed by atoms with van der Waals surface area (Å²) in [6.07, 6.45) is 0.855. The lowest BCUT2D eigenvalue weighted by atomic mass is 10.0. The summed E-state index contributed by atoms with van der Waals surface area (Å²) in [5, 5.41) is 24.6. The molecule has 0 spiro atoms. The summed E-state index contributed by atoms with van der Waals surface area (Å²) in [6, 6.07) is 1.97. The lowest BCUT2D eigenvalue weighted by Gasteiger charge is -2.17. The predicted molar refractivity (Wildman–Crippen MR) is 84.4 cm³/mol. The van der Waals surface area contributed by atoms with E-state index in [-0.39, 0.29) is 11.8 Å². The molecule has 8 heteroatoms. The molecule has 0 unspecified atom stereocenters. The molecule has 0 aromatic carbocycles. The molecule has 0 saturated carbocycles. The highest BCUT2D eigenvalue weighted by Gasteiger charge is 2.36. The fourth-order valence-electron chi connectivity index (χ4n) is 3.51. The highest BCUT2D eigenvalue weighted by Crippen LogP contribution is 2.25. The number of carbonyl (C=O) groups excluding carboxylic acids is 1. The van der Waals surface area contributed by atoms with Crippen LogP contribution in [-0.2, 0) is 24.2 Å². The smallest absolute Gasteiger partial charge is 0.274 e. The molecule has 0 radical (unpaired) electrons. The second kappa shape index (κ2) is 6.03. The molecule has 2 atom stereocenters. The molecule has 24 heavy (non-hydrogen) atoms. The summed E-state index contributed by atoms with van der Waals surface area (Å²) >= 11 is 0. The number of nitrogens with zero attached hydrogens (tertiary/aromatic N) is 3. The zero-order chi connectivity index (χ0) is 16.7. The summed E-state index contributed by atoms with van der Waals surface area (Å²) in [7, 11) is 0. The van der Waals surface area contributed by atoms with Crippen LogP contribution in [0.4, 0.5) is 0 Å². The van der Waals surface area contributed by atoms with Crippen LogP contribution in [0.5, 0.6) is 0 Å². The van der Waals surface area contributed by atoms with Crippen LogP contribution in [0.3, 0.4) is 0 Å². The number of aliphatic hydroxyl groups is 1. The lowest BCUT2D eigenvalue weighted by molar-refractivity contribution is 0.0745. The monoisotopic (exact) mass is 331 g/mol. The Kier molecular flexibility index (Phi) is 3.85. The van der Waals surface area contributed by atoms with Gasteiger partial charge in [0.05, 0.1) is 25.0 Å². The van der Waals surface area contributed by atoms with E-state index in [0.29, 0.717) is 38.4 Å². The van der Waals surface area contributed by atoms with Gasteiger partial charge in [0.15, 0.2) is 5.69 Å². The van der Waals surface area contributed by atoms with Crippen molar-refractivity contribution in [2.75, 3.05) is 19.7 Å². The van der Waals surface area contributed by atoms with Gasteiger partial charge in [-0.3, -0.25) is 15.0 Å². The van der Waals surface area contributed by atoms with Crippen molar-refractivity contribution >= 4 is 5.91 Å². The third-order valence-electron chi connectivity index (χ3n) is 4.82. The minimum absolute atomic E-state index is 0.0114. The lowest BCUT2D eigenvalue weighted by Crippen LogP contribution is -2.31. The maximum absolute atomic E-state index is 12.8. The highest BCUT2D eigenvalue weighted by atomic mass is 16.5. The van der Waals surface area contributed by atoms with Crippen molar-refractivity contribution < 1.29 is 14.6 Å². The van der Waals surface area contributed by atoms with Crippen molar-refractivity contribution in [2.45, 2.75) is 32.5 Å². The van der Waals surface area contributed by atoms with Crippen molar-refractivity contribution in [3.63, 3.8) is 0 Å². The molecule has 0 bridgehead atoms. The van der Waals surface area contributed by atoms with E-state index in [1.54, 1.807) is 4.90 Å². The number of H-pyrrole nitrogens is 2. The molecule has 128 valence electrons. The first-order valence-electron chi connectivity index (χ1n) is 8.24. The van der Waals surface area contributed by atoms with Crippen LogP contribution < -0.4 is 0 Å². The number of aromatic nitrogens is 4. The number of ether oxygens (including phenoxy) is 1. The van der Waals surface area contributed by atoms with Crippen LogP contribution in [0, 0.1) is 12.8 Å². The van der Waals surface area contributed by atoms with Gasteiger partial charge in [-0.15, -0.1) is 0 Å². The Balaban J connectivity index is 1.47. The minimum atomic E-state index is -0.544. The van der Waals surface area contributed by atoms with Crippen LogP contribution in [0.1, 0.15) is 33.1 Å². The van der Waals surface area contributed by atoms with Crippen LogP contribution in [-0.4, -0.2) is 62.1 Å². The van der Waals surface area contributed by atoms with E-state index >= 15 is 0 Å². The number of hydrogen-bond acceptors (Lipinski definition) is 5. The number of aliphatic hydroxyl groups excluding tert-OH is 1. The van der Waals surface area contributed by atoms with E-state index in [1.165, 1.54) is 0 Å². The first-order valence-corrected chi connectivity index (χ1v) is 8.24. The van der Waals surface area contributed by atoms with Crippen LogP contribution in [0.2, 0.25) is 0 Å². The number of rotatable bonds is 3. The topological polar surface area (TPSA) is 107 Å². The number of hydrogen-bond donors (Lipinski definition) is 3. The quantitative estimate of drug-likeness (QED) is 0.744. The van der Waals surface area contributed by atoms with Crippen LogP contribution in [0.15, 0.2) is 6.07 Å². The number of amides is 1. The second-order valence-electron chi connectivity index (χ2n) is 6.62. The largest absolute Gasteiger partial charge is 0.391 e. The van der Waals surface area contributed by atoms with Crippen molar-refractivity contribution in [3.05, 3.63) is 34.4 Å². The highest BCUT2D eigenvalue weighted by molar-refractivity contribution is 5.94. The van der Waals surface area contributed by atoms with Gasteiger partial charge in [0, 0.05) is 42.4 Å². The molecule has 0 aliphatic carbocycles. The van der Waals surface area contributed by atoms with Crippen molar-refractivity contribution in [3.8, 4) is 0 Å². The molecule has 2 aliphatic rings. The zero-order valence-corrected chi connectivity index (χ0v) is 13.6. The average Bonchev–Trinajstić information content (AvgIpc) is 3.27. The van der Waals surface area contributed by atoms with Gasteiger partial charge in [-0.25, -0.2) is 0 Å². The Labute approximate surface area is 139 Å². The standard InChI is InChI=1S/C16H21N5O3/c1-9-4-11(18-17-9)5-10-6-21(7-14(10)22)16(23)15-12-8-24-3-2-13(12)19-20-15/h4,10,14,22H,2-3,5-8H2,1H3,(H,17,18)(H,19,20)/t10-,14-/m1/s1. The predicted octanol–water partition coefficient (Wildman–Crippen LogP) is 0.190. The Hall–Kier alpha value is -2.19. The molecular formula is C16H21N5O3. The van der Waals surface area contributed by atoms with E-state index < -0.39 is 6.10 Å². The Bertz CT molecular complexity index is 753. The van der Waals surface area contributed by atoms with Gasteiger partial charge in [-0.05, 0) is 19.4 Å². The van der Waals surface area contributed by atoms with E-state index in [1.807, 2.05) is 13.0 Å². The van der Waals surface area contributed by atoms with Gasteiger partial charge in [0.25, 0.3) is 5.91 Å². The van der Waals surface area contributed by atoms with Crippen LogP contribution >= 0.6 is 0 Å². The number of carbonyl (C=O) groups is 1. The molecule has 1 fully saturated rings. The molecule has 3 N–H and O–H groups in total. The molecular weight excluding hydrogens is 310 g/mol. The molecule has 1 amide bonds. The van der Waals surface area contributed by atoms with Crippen molar-refractivity contribution in [1.82, 2.24) is 25.3 Å². The van der Waals surface area contributed by atoms with Gasteiger partial charge >= 0.3 is 0 Å². The number of aromatic amines is 2. The Morgan fingerprint density at radius 3 is 3.08 bits per heavy atom. The normalized spacial score (nSPS) is 23.5. The molecule has 2 aromatic rings. The third kappa shape index (κ3) is 2.71. The zero-order valence-electron chi connectivity index (χ0n) is 13.6. The molecule has 2 aromatic heterocycles. The molecule has 8 nitrogen and oxygen atoms in total. The number of aryl methyl sites for hydroxylation is 1. The number of β-amino-alcohol motifs (C(OH)–C–C–N with tert-alkyl or cyclic N) is 1. The SMILES string of the molecule is Cc1cc(C[C@@H]2CN(C(=O)c3n[nH]c4c3COCC4)C[C@H]2O)n[nH]1.